The summed E-state index contributed by atoms with van der Waals surface area (Å²) in [7, 11) is 1.70. The molecule has 1 aliphatic heterocycles. The number of hydrogen-bond acceptors (Lipinski definition) is 3. The summed E-state index contributed by atoms with van der Waals surface area (Å²) in [5.74, 6) is 0.891. The molecule has 3 aromatic carbocycles. The topological polar surface area (TPSA) is 38.5 Å². The van der Waals surface area contributed by atoms with Crippen LogP contribution in [0.5, 0.6) is 5.75 Å². The summed E-state index contributed by atoms with van der Waals surface area (Å²) in [4.78, 5) is 2.43. The Hall–Kier alpha value is -3.20. The number of ether oxygens (including phenoxy) is 1. The molecule has 0 spiro atoms. The Morgan fingerprint density at radius 3 is 2.39 bits per heavy atom. The minimum absolute atomic E-state index is 0.252. The smallest absolute Gasteiger partial charge is 0.118 e. The highest BCUT2D eigenvalue weighted by Crippen LogP contribution is 2.40. The van der Waals surface area contributed by atoms with Crippen molar-refractivity contribution in [2.75, 3.05) is 12.8 Å². The van der Waals surface area contributed by atoms with Crippen molar-refractivity contribution < 1.29 is 4.74 Å². The maximum atomic E-state index is 5.93. The van der Waals surface area contributed by atoms with Crippen molar-refractivity contribution in [3.8, 4) is 5.75 Å². The van der Waals surface area contributed by atoms with Crippen LogP contribution in [0.2, 0.25) is 0 Å². The first-order valence-electron chi connectivity index (χ1n) is 9.68. The van der Waals surface area contributed by atoms with E-state index in [9.17, 15) is 0 Å². The van der Waals surface area contributed by atoms with E-state index in [-0.39, 0.29) is 6.04 Å². The minimum Gasteiger partial charge on any atom is -0.497 e. The summed E-state index contributed by atoms with van der Waals surface area (Å²) in [6.45, 7) is 5.30. The van der Waals surface area contributed by atoms with E-state index < -0.39 is 0 Å². The van der Waals surface area contributed by atoms with Crippen LogP contribution in [0, 0.1) is 0 Å². The molecule has 0 bridgehead atoms. The molecule has 4 rings (SSSR count). The molecule has 0 amide bonds. The quantitative estimate of drug-likeness (QED) is 0.587. The molecule has 0 saturated carbocycles. The second-order valence-electron chi connectivity index (χ2n) is 7.30. The fourth-order valence-corrected chi connectivity index (χ4v) is 3.99. The molecule has 0 fully saturated rings. The lowest BCUT2D eigenvalue weighted by Gasteiger charge is -2.31. The number of nitrogens with two attached hydrogens (primary N) is 1. The Balaban J connectivity index is 1.59. The van der Waals surface area contributed by atoms with Gasteiger partial charge in [0.15, 0.2) is 0 Å². The molecule has 142 valence electrons. The Bertz CT molecular complexity index is 961. The molecule has 0 radical (unpaired) electrons. The summed E-state index contributed by atoms with van der Waals surface area (Å²) >= 11 is 0. The van der Waals surface area contributed by atoms with Crippen molar-refractivity contribution in [3.05, 3.63) is 102 Å². The zero-order chi connectivity index (χ0) is 19.5. The van der Waals surface area contributed by atoms with Gasteiger partial charge in [0.25, 0.3) is 0 Å². The largest absolute Gasteiger partial charge is 0.497 e. The number of methoxy groups -OCH3 is 1. The molecule has 0 aliphatic carbocycles. The number of nitrogen functional groups attached to an aromatic ring is 1. The van der Waals surface area contributed by atoms with E-state index in [2.05, 4.69) is 60.0 Å². The average Bonchev–Trinajstić information content (AvgIpc) is 3.06. The predicted molar refractivity (Wildman–Crippen MR) is 116 cm³/mol. The SMILES string of the molecule is C=C1c2ccccc2CN1C(CCc1ccc(OC)cc1)c1ccc(N)cc1. The van der Waals surface area contributed by atoms with E-state index in [4.69, 9.17) is 10.5 Å². The Morgan fingerprint density at radius 1 is 1.00 bits per heavy atom. The van der Waals surface area contributed by atoms with Gasteiger partial charge in [-0.1, -0.05) is 55.1 Å². The molecule has 3 aromatic rings. The normalized spacial score (nSPS) is 14.0. The number of anilines is 1. The van der Waals surface area contributed by atoms with Crippen molar-refractivity contribution in [3.63, 3.8) is 0 Å². The summed E-state index contributed by atoms with van der Waals surface area (Å²) in [5.41, 5.74) is 13.0. The van der Waals surface area contributed by atoms with Gasteiger partial charge in [0, 0.05) is 23.5 Å². The predicted octanol–water partition coefficient (Wildman–Crippen LogP) is 5.44. The highest BCUT2D eigenvalue weighted by atomic mass is 16.5. The number of hydrogen-bond donors (Lipinski definition) is 1. The zero-order valence-corrected chi connectivity index (χ0v) is 16.3. The Kier molecular flexibility index (Phi) is 5.07. The van der Waals surface area contributed by atoms with Gasteiger partial charge < -0.3 is 15.4 Å². The second kappa shape index (κ2) is 7.81. The van der Waals surface area contributed by atoms with Crippen LogP contribution in [0.4, 0.5) is 5.69 Å². The summed E-state index contributed by atoms with van der Waals surface area (Å²) in [6, 6.07) is 25.4. The second-order valence-corrected chi connectivity index (χ2v) is 7.30. The Labute approximate surface area is 167 Å². The minimum atomic E-state index is 0.252. The van der Waals surface area contributed by atoms with E-state index in [1.807, 2.05) is 24.3 Å². The zero-order valence-electron chi connectivity index (χ0n) is 16.3. The van der Waals surface area contributed by atoms with Crippen LogP contribution >= 0.6 is 0 Å². The van der Waals surface area contributed by atoms with Crippen LogP contribution < -0.4 is 10.5 Å². The van der Waals surface area contributed by atoms with E-state index >= 15 is 0 Å². The number of nitrogens with zero attached hydrogens (tertiary/aromatic N) is 1. The van der Waals surface area contributed by atoms with Crippen molar-refractivity contribution >= 4 is 11.4 Å². The standard InChI is InChI=1S/C25H26N2O/c1-18-24-6-4-3-5-21(24)17-27(18)25(20-10-12-22(26)13-11-20)16-9-19-7-14-23(28-2)15-8-19/h3-8,10-15,25H,1,9,16-17,26H2,2H3. The van der Waals surface area contributed by atoms with Gasteiger partial charge in [-0.15, -0.1) is 0 Å². The van der Waals surface area contributed by atoms with Crippen LogP contribution in [0.3, 0.4) is 0 Å². The van der Waals surface area contributed by atoms with E-state index in [1.54, 1.807) is 7.11 Å². The van der Waals surface area contributed by atoms with Gasteiger partial charge in [0.05, 0.1) is 13.2 Å². The van der Waals surface area contributed by atoms with Crippen molar-refractivity contribution in [2.24, 2.45) is 0 Å². The lowest BCUT2D eigenvalue weighted by molar-refractivity contribution is 0.289. The number of rotatable bonds is 6. The van der Waals surface area contributed by atoms with Gasteiger partial charge in [0.2, 0.25) is 0 Å². The molecule has 3 heteroatoms. The maximum absolute atomic E-state index is 5.93. The lowest BCUT2D eigenvalue weighted by Crippen LogP contribution is -2.23. The van der Waals surface area contributed by atoms with E-state index in [1.165, 1.54) is 22.3 Å². The molecule has 0 aromatic heterocycles. The highest BCUT2D eigenvalue weighted by molar-refractivity contribution is 5.69. The molecular formula is C25H26N2O. The molecule has 1 unspecified atom stereocenters. The Morgan fingerprint density at radius 2 is 1.71 bits per heavy atom. The molecule has 1 aliphatic rings. The number of fused-ring (bicyclic) bond motifs is 1. The molecule has 1 heterocycles. The first kappa shape index (κ1) is 18.2. The summed E-state index contributed by atoms with van der Waals surface area (Å²) in [5, 5.41) is 0. The average molecular weight is 370 g/mol. The molecule has 2 N–H and O–H groups in total. The van der Waals surface area contributed by atoms with Crippen molar-refractivity contribution in [1.82, 2.24) is 4.90 Å². The van der Waals surface area contributed by atoms with Crippen molar-refractivity contribution in [1.29, 1.82) is 0 Å². The van der Waals surface area contributed by atoms with Crippen molar-refractivity contribution in [2.45, 2.75) is 25.4 Å². The molecular weight excluding hydrogens is 344 g/mol. The van der Waals surface area contributed by atoms with Gasteiger partial charge in [0.1, 0.15) is 5.75 Å². The third kappa shape index (κ3) is 3.61. The fourth-order valence-electron chi connectivity index (χ4n) is 3.99. The molecule has 1 atom stereocenters. The number of aryl methyl sites for hydroxylation is 1. The van der Waals surface area contributed by atoms with Crippen LogP contribution in [-0.2, 0) is 13.0 Å². The maximum Gasteiger partial charge on any atom is 0.118 e. The monoisotopic (exact) mass is 370 g/mol. The molecule has 28 heavy (non-hydrogen) atoms. The fraction of sp³-hybridized carbons (Fsp3) is 0.200. The first-order valence-corrected chi connectivity index (χ1v) is 9.68. The van der Waals surface area contributed by atoms with Crippen LogP contribution in [0.15, 0.2) is 79.4 Å². The van der Waals surface area contributed by atoms with Gasteiger partial charge in [-0.3, -0.25) is 0 Å². The van der Waals surface area contributed by atoms with E-state index in [0.717, 1.165) is 36.5 Å². The molecule has 3 nitrogen and oxygen atoms in total. The molecule has 0 saturated heterocycles. The van der Waals surface area contributed by atoms with Gasteiger partial charge >= 0.3 is 0 Å². The van der Waals surface area contributed by atoms with Gasteiger partial charge in [-0.25, -0.2) is 0 Å². The number of benzene rings is 3. The third-order valence-corrected chi connectivity index (χ3v) is 5.58. The first-order chi connectivity index (χ1) is 13.7. The highest BCUT2D eigenvalue weighted by Gasteiger charge is 2.29. The lowest BCUT2D eigenvalue weighted by atomic mass is 9.97. The van der Waals surface area contributed by atoms with Gasteiger partial charge in [-0.05, 0) is 53.8 Å². The summed E-state index contributed by atoms with van der Waals surface area (Å²) in [6.07, 6.45) is 1.99. The van der Waals surface area contributed by atoms with Crippen LogP contribution in [0.25, 0.3) is 5.70 Å². The van der Waals surface area contributed by atoms with Gasteiger partial charge in [-0.2, -0.15) is 0 Å². The van der Waals surface area contributed by atoms with Crippen LogP contribution in [0.1, 0.15) is 34.7 Å². The van der Waals surface area contributed by atoms with Crippen LogP contribution in [-0.4, -0.2) is 12.0 Å². The summed E-state index contributed by atoms with van der Waals surface area (Å²) < 4.78 is 5.27. The third-order valence-electron chi connectivity index (χ3n) is 5.58. The van der Waals surface area contributed by atoms with E-state index in [0.29, 0.717) is 0 Å².